The van der Waals surface area contributed by atoms with Gasteiger partial charge >= 0.3 is 0 Å². The number of aromatic nitrogens is 1. The van der Waals surface area contributed by atoms with Crippen molar-refractivity contribution in [2.24, 2.45) is 0 Å². The van der Waals surface area contributed by atoms with E-state index in [9.17, 15) is 0 Å². The summed E-state index contributed by atoms with van der Waals surface area (Å²) in [6.07, 6.45) is 8.67. The molecule has 4 nitrogen and oxygen atoms in total. The van der Waals surface area contributed by atoms with Gasteiger partial charge in [0.2, 0.25) is 0 Å². The number of hydrogen-bond donors (Lipinski definition) is 2. The molecular formula is C13H22N4S2. The first-order chi connectivity index (χ1) is 9.19. The van der Waals surface area contributed by atoms with Gasteiger partial charge in [0.05, 0.1) is 4.90 Å². The second-order valence-electron chi connectivity index (χ2n) is 5.65. The van der Waals surface area contributed by atoms with E-state index in [0.717, 1.165) is 22.0 Å². The average Bonchev–Trinajstić information content (AvgIpc) is 2.71. The van der Waals surface area contributed by atoms with Crippen LogP contribution >= 0.6 is 23.3 Å². The number of fused-ring (bicyclic) bond motifs is 2. The Morgan fingerprint density at radius 2 is 2.05 bits per heavy atom. The first-order valence-corrected chi connectivity index (χ1v) is 8.96. The standard InChI is InChI=1S/C13H22N4S2/c1-17-9-4-3-5-10(17)7-8(6-9)15-13-11(18-2)12(14)16-19-13/h8-10,15H,3-7H2,1-2H3,(H2,14,16). The molecule has 2 aliphatic heterocycles. The van der Waals surface area contributed by atoms with Crippen molar-refractivity contribution in [2.75, 3.05) is 24.4 Å². The molecule has 2 aliphatic rings. The van der Waals surface area contributed by atoms with Crippen molar-refractivity contribution >= 4 is 34.1 Å². The Bertz CT molecular complexity index is 434. The Kier molecular flexibility index (Phi) is 3.91. The van der Waals surface area contributed by atoms with Crippen LogP contribution in [0, 0.1) is 0 Å². The molecule has 0 saturated carbocycles. The summed E-state index contributed by atoms with van der Waals surface area (Å²) in [5.41, 5.74) is 5.90. The minimum Gasteiger partial charge on any atom is -0.382 e. The van der Waals surface area contributed by atoms with Crippen molar-refractivity contribution in [3.8, 4) is 0 Å². The first kappa shape index (κ1) is 13.5. The lowest BCUT2D eigenvalue weighted by Crippen LogP contribution is -2.52. The van der Waals surface area contributed by atoms with Gasteiger partial charge in [0.15, 0.2) is 5.82 Å². The highest BCUT2D eigenvalue weighted by Gasteiger charge is 2.36. The summed E-state index contributed by atoms with van der Waals surface area (Å²) >= 11 is 3.19. The third-order valence-electron chi connectivity index (χ3n) is 4.55. The van der Waals surface area contributed by atoms with Gasteiger partial charge in [-0.05, 0) is 50.5 Å². The van der Waals surface area contributed by atoms with Crippen LogP contribution in [0.5, 0.6) is 0 Å². The zero-order valence-electron chi connectivity index (χ0n) is 11.6. The third-order valence-corrected chi connectivity index (χ3v) is 6.30. The van der Waals surface area contributed by atoms with Crippen molar-refractivity contribution < 1.29 is 0 Å². The molecule has 0 aliphatic carbocycles. The van der Waals surface area contributed by atoms with Crippen LogP contribution < -0.4 is 11.1 Å². The lowest BCUT2D eigenvalue weighted by molar-refractivity contribution is 0.0609. The SMILES string of the molecule is CSc1c(N)nsc1NC1CC2CCCC(C1)N2C. The molecule has 2 atom stereocenters. The molecule has 19 heavy (non-hydrogen) atoms. The smallest absolute Gasteiger partial charge is 0.153 e. The largest absolute Gasteiger partial charge is 0.382 e. The predicted octanol–water partition coefficient (Wildman–Crippen LogP) is 2.87. The van der Waals surface area contributed by atoms with Gasteiger partial charge in [0.25, 0.3) is 0 Å². The highest BCUT2D eigenvalue weighted by Crippen LogP contribution is 2.38. The number of piperidine rings is 2. The summed E-state index contributed by atoms with van der Waals surface area (Å²) in [6, 6.07) is 2.10. The normalized spacial score (nSPS) is 31.4. The number of rotatable bonds is 3. The lowest BCUT2D eigenvalue weighted by atomic mass is 9.82. The van der Waals surface area contributed by atoms with Crippen LogP contribution in [0.25, 0.3) is 0 Å². The maximum atomic E-state index is 5.90. The second-order valence-corrected chi connectivity index (χ2v) is 7.24. The average molecular weight is 298 g/mol. The van der Waals surface area contributed by atoms with Crippen LogP contribution in [0.15, 0.2) is 4.90 Å². The summed E-state index contributed by atoms with van der Waals surface area (Å²) in [4.78, 5) is 3.71. The third kappa shape index (κ3) is 2.58. The number of nitrogens with two attached hydrogens (primary N) is 1. The Morgan fingerprint density at radius 3 is 2.68 bits per heavy atom. The molecule has 2 fully saturated rings. The van der Waals surface area contributed by atoms with Gasteiger partial charge in [-0.15, -0.1) is 11.8 Å². The molecule has 0 aromatic carbocycles. The zero-order chi connectivity index (χ0) is 13.4. The maximum absolute atomic E-state index is 5.90. The van der Waals surface area contributed by atoms with Gasteiger partial charge in [-0.25, -0.2) is 0 Å². The van der Waals surface area contributed by atoms with Gasteiger partial charge in [0, 0.05) is 18.1 Å². The fraction of sp³-hybridized carbons (Fsp3) is 0.769. The van der Waals surface area contributed by atoms with E-state index in [1.54, 1.807) is 11.8 Å². The second kappa shape index (κ2) is 5.50. The molecule has 2 saturated heterocycles. The highest BCUT2D eigenvalue weighted by atomic mass is 32.2. The summed E-state index contributed by atoms with van der Waals surface area (Å²) in [6.45, 7) is 0. The van der Waals surface area contributed by atoms with Gasteiger partial charge in [-0.3, -0.25) is 0 Å². The maximum Gasteiger partial charge on any atom is 0.153 e. The summed E-state index contributed by atoms with van der Waals surface area (Å²) in [5.74, 6) is 0.674. The van der Waals surface area contributed by atoms with E-state index in [1.807, 2.05) is 0 Å². The molecule has 6 heteroatoms. The number of nitrogens with one attached hydrogen (secondary N) is 1. The van der Waals surface area contributed by atoms with E-state index in [1.165, 1.54) is 43.6 Å². The number of anilines is 2. The molecule has 2 unspecified atom stereocenters. The molecule has 3 rings (SSSR count). The molecular weight excluding hydrogens is 276 g/mol. The van der Waals surface area contributed by atoms with E-state index in [0.29, 0.717) is 11.9 Å². The van der Waals surface area contributed by atoms with E-state index < -0.39 is 0 Å². The van der Waals surface area contributed by atoms with Crippen LogP contribution in [0.1, 0.15) is 32.1 Å². The van der Waals surface area contributed by atoms with Crippen LogP contribution in [-0.4, -0.2) is 40.7 Å². The number of nitrogens with zero attached hydrogens (tertiary/aromatic N) is 2. The van der Waals surface area contributed by atoms with E-state index in [2.05, 4.69) is 27.9 Å². The van der Waals surface area contributed by atoms with Crippen LogP contribution in [0.3, 0.4) is 0 Å². The number of hydrogen-bond acceptors (Lipinski definition) is 6. The van der Waals surface area contributed by atoms with Gasteiger partial charge in [-0.1, -0.05) is 6.42 Å². The highest BCUT2D eigenvalue weighted by molar-refractivity contribution is 7.99. The van der Waals surface area contributed by atoms with Crippen molar-refractivity contribution in [3.63, 3.8) is 0 Å². The predicted molar refractivity (Wildman–Crippen MR) is 84.1 cm³/mol. The molecule has 2 bridgehead atoms. The lowest BCUT2D eigenvalue weighted by Gasteiger charge is -2.47. The van der Waals surface area contributed by atoms with Gasteiger partial charge < -0.3 is 16.0 Å². The molecule has 0 spiro atoms. The Hall–Kier alpha value is -0.460. The molecule has 0 amide bonds. The zero-order valence-corrected chi connectivity index (χ0v) is 13.2. The monoisotopic (exact) mass is 298 g/mol. The van der Waals surface area contributed by atoms with Crippen LogP contribution in [-0.2, 0) is 0 Å². The summed E-state index contributed by atoms with van der Waals surface area (Å²) in [5, 5.41) is 4.86. The van der Waals surface area contributed by atoms with Crippen LogP contribution in [0.4, 0.5) is 10.8 Å². The molecule has 1 aromatic rings. The number of nitrogen functional groups attached to an aromatic ring is 1. The van der Waals surface area contributed by atoms with E-state index >= 15 is 0 Å². The first-order valence-electron chi connectivity index (χ1n) is 6.96. The molecule has 0 radical (unpaired) electrons. The molecule has 3 heterocycles. The molecule has 1 aromatic heterocycles. The Morgan fingerprint density at radius 1 is 1.37 bits per heavy atom. The van der Waals surface area contributed by atoms with Crippen LogP contribution in [0.2, 0.25) is 0 Å². The van der Waals surface area contributed by atoms with Gasteiger partial charge in [0.1, 0.15) is 5.00 Å². The van der Waals surface area contributed by atoms with E-state index in [4.69, 9.17) is 5.73 Å². The minimum atomic E-state index is 0.581. The van der Waals surface area contributed by atoms with E-state index in [-0.39, 0.29) is 0 Å². The fourth-order valence-corrected chi connectivity index (χ4v) is 5.11. The number of thioether (sulfide) groups is 1. The van der Waals surface area contributed by atoms with Crippen molar-refractivity contribution in [1.82, 2.24) is 9.27 Å². The quantitative estimate of drug-likeness (QED) is 0.840. The van der Waals surface area contributed by atoms with Gasteiger partial charge in [-0.2, -0.15) is 4.37 Å². The summed E-state index contributed by atoms with van der Waals surface area (Å²) in [7, 11) is 2.29. The fourth-order valence-electron chi connectivity index (χ4n) is 3.50. The minimum absolute atomic E-state index is 0.581. The molecule has 3 N–H and O–H groups in total. The van der Waals surface area contributed by atoms with Crippen molar-refractivity contribution in [3.05, 3.63) is 0 Å². The molecule has 106 valence electrons. The van der Waals surface area contributed by atoms with Crippen molar-refractivity contribution in [2.45, 2.75) is 55.1 Å². The van der Waals surface area contributed by atoms with Crippen molar-refractivity contribution in [1.29, 1.82) is 0 Å². The topological polar surface area (TPSA) is 54.2 Å². The Balaban J connectivity index is 1.70. The Labute approximate surface area is 123 Å². The summed E-state index contributed by atoms with van der Waals surface area (Å²) < 4.78 is 4.27.